The number of piperazine rings is 1. The van der Waals surface area contributed by atoms with E-state index in [4.69, 9.17) is 5.73 Å². The van der Waals surface area contributed by atoms with Gasteiger partial charge < -0.3 is 20.9 Å². The number of amides is 3. The van der Waals surface area contributed by atoms with Crippen molar-refractivity contribution in [1.82, 2.24) is 24.4 Å². The molecule has 0 aliphatic carbocycles. The van der Waals surface area contributed by atoms with Crippen LogP contribution in [-0.2, 0) is 11.3 Å². The lowest BCUT2D eigenvalue weighted by Crippen LogP contribution is -2.49. The number of rotatable bonds is 6. The number of fused-ring (bicyclic) bond motifs is 2. The van der Waals surface area contributed by atoms with E-state index in [0.29, 0.717) is 55.2 Å². The molecule has 0 saturated carbocycles. The summed E-state index contributed by atoms with van der Waals surface area (Å²) in [6, 6.07) is 5.60. The predicted molar refractivity (Wildman–Crippen MR) is 130 cm³/mol. The van der Waals surface area contributed by atoms with Crippen LogP contribution in [0.1, 0.15) is 40.1 Å². The number of primary amides is 1. The van der Waals surface area contributed by atoms with E-state index >= 15 is 0 Å². The lowest BCUT2D eigenvalue weighted by atomic mass is 10.1. The molecule has 2 aliphatic heterocycles. The molecule has 1 fully saturated rings. The molecule has 2 aromatic heterocycles. The molecule has 35 heavy (non-hydrogen) atoms. The number of anilines is 2. The van der Waals surface area contributed by atoms with Crippen LogP contribution in [0.15, 0.2) is 36.8 Å². The first kappa shape index (κ1) is 22.8. The van der Waals surface area contributed by atoms with Crippen molar-refractivity contribution in [3.63, 3.8) is 0 Å². The predicted octanol–water partition coefficient (Wildman–Crippen LogP) is 0.953. The van der Waals surface area contributed by atoms with Crippen molar-refractivity contribution in [1.29, 1.82) is 0 Å². The van der Waals surface area contributed by atoms with E-state index in [2.05, 4.69) is 20.3 Å². The van der Waals surface area contributed by atoms with Crippen molar-refractivity contribution in [3.05, 3.63) is 53.5 Å². The Morgan fingerprint density at radius 1 is 1.17 bits per heavy atom. The third-order valence-corrected chi connectivity index (χ3v) is 6.54. The van der Waals surface area contributed by atoms with Gasteiger partial charge in [0.25, 0.3) is 11.8 Å². The molecule has 11 nitrogen and oxygen atoms in total. The Labute approximate surface area is 202 Å². The Morgan fingerprint density at radius 2 is 1.94 bits per heavy atom. The standard InChI is InChI=1S/C24H28N8O3/c1-15(2)31-13-16-10-19(28-23(34)18-12-27-32-5-3-4-26-22(18)32)20(11-17(16)24(31)35)30-8-6-29(7-9-30)14-21(25)33/h3-5,10-12,15H,6-9,13-14H2,1-2H3,(H2,25,33)(H,28,34). The van der Waals surface area contributed by atoms with Crippen LogP contribution in [0.2, 0.25) is 0 Å². The number of benzene rings is 1. The summed E-state index contributed by atoms with van der Waals surface area (Å²) < 4.78 is 1.55. The van der Waals surface area contributed by atoms with Crippen LogP contribution >= 0.6 is 0 Å². The molecular formula is C24H28N8O3. The molecular weight excluding hydrogens is 448 g/mol. The minimum Gasteiger partial charge on any atom is -0.369 e. The zero-order valence-electron chi connectivity index (χ0n) is 19.8. The molecule has 0 radical (unpaired) electrons. The maximum absolute atomic E-state index is 13.3. The summed E-state index contributed by atoms with van der Waals surface area (Å²) in [7, 11) is 0. The number of carbonyl (C=O) groups excluding carboxylic acids is 3. The Morgan fingerprint density at radius 3 is 2.66 bits per heavy atom. The van der Waals surface area contributed by atoms with Crippen LogP contribution in [0, 0.1) is 0 Å². The largest absolute Gasteiger partial charge is 0.369 e. The molecule has 0 atom stereocenters. The number of aromatic nitrogens is 3. The first-order valence-electron chi connectivity index (χ1n) is 11.6. The topological polar surface area (TPSA) is 129 Å². The number of nitrogens with one attached hydrogen (secondary N) is 1. The second-order valence-electron chi connectivity index (χ2n) is 9.18. The van der Waals surface area contributed by atoms with Crippen molar-refractivity contribution in [2.75, 3.05) is 42.9 Å². The Kier molecular flexibility index (Phi) is 5.85. The van der Waals surface area contributed by atoms with E-state index in [0.717, 1.165) is 11.3 Å². The van der Waals surface area contributed by atoms with Gasteiger partial charge in [0.05, 0.1) is 24.1 Å². The van der Waals surface area contributed by atoms with Gasteiger partial charge in [0.2, 0.25) is 5.91 Å². The first-order chi connectivity index (χ1) is 16.8. The summed E-state index contributed by atoms with van der Waals surface area (Å²) in [6.07, 6.45) is 4.85. The fourth-order valence-electron chi connectivity index (χ4n) is 4.70. The van der Waals surface area contributed by atoms with Gasteiger partial charge >= 0.3 is 0 Å². The average Bonchev–Trinajstić information content (AvgIpc) is 3.40. The summed E-state index contributed by atoms with van der Waals surface area (Å²) in [4.78, 5) is 47.9. The maximum Gasteiger partial charge on any atom is 0.261 e. The SMILES string of the molecule is CC(C)N1Cc2cc(NC(=O)c3cnn4cccnc34)c(N3CCN(CC(N)=O)CC3)cc2C1=O. The third kappa shape index (κ3) is 4.30. The van der Waals surface area contributed by atoms with Crippen molar-refractivity contribution < 1.29 is 14.4 Å². The highest BCUT2D eigenvalue weighted by Crippen LogP contribution is 2.36. The quantitative estimate of drug-likeness (QED) is 0.542. The molecule has 5 rings (SSSR count). The second-order valence-corrected chi connectivity index (χ2v) is 9.18. The van der Waals surface area contributed by atoms with Gasteiger partial charge in [-0.15, -0.1) is 0 Å². The molecule has 11 heteroatoms. The fourth-order valence-corrected chi connectivity index (χ4v) is 4.70. The van der Waals surface area contributed by atoms with Gasteiger partial charge in [-0.1, -0.05) is 0 Å². The van der Waals surface area contributed by atoms with Crippen LogP contribution in [0.25, 0.3) is 5.65 Å². The van der Waals surface area contributed by atoms with Gasteiger partial charge in [0.1, 0.15) is 5.56 Å². The summed E-state index contributed by atoms with van der Waals surface area (Å²) in [5.74, 6) is -0.684. The van der Waals surface area contributed by atoms with Crippen molar-refractivity contribution in [2.24, 2.45) is 5.73 Å². The number of nitrogens with two attached hydrogens (primary N) is 1. The highest BCUT2D eigenvalue weighted by Gasteiger charge is 2.32. The number of nitrogens with zero attached hydrogens (tertiary/aromatic N) is 6. The lowest BCUT2D eigenvalue weighted by molar-refractivity contribution is -0.119. The fraction of sp³-hybridized carbons (Fsp3) is 0.375. The molecule has 4 heterocycles. The molecule has 0 unspecified atom stereocenters. The molecule has 0 bridgehead atoms. The number of carbonyl (C=O) groups is 3. The molecule has 3 N–H and O–H groups in total. The Hall–Kier alpha value is -3.99. The molecule has 2 aliphatic rings. The number of hydrogen-bond acceptors (Lipinski definition) is 7. The molecule has 3 aromatic rings. The van der Waals surface area contributed by atoms with Gasteiger partial charge in [0, 0.05) is 56.7 Å². The molecule has 1 saturated heterocycles. The Bertz CT molecular complexity index is 1310. The van der Waals surface area contributed by atoms with E-state index < -0.39 is 0 Å². The normalized spacial score (nSPS) is 16.3. The minimum absolute atomic E-state index is 0.00619. The van der Waals surface area contributed by atoms with E-state index in [1.165, 1.54) is 6.20 Å². The van der Waals surface area contributed by atoms with Crippen LogP contribution in [0.5, 0.6) is 0 Å². The van der Waals surface area contributed by atoms with Crippen LogP contribution in [-0.4, -0.2) is 80.9 Å². The molecule has 0 spiro atoms. The van der Waals surface area contributed by atoms with Crippen LogP contribution in [0.3, 0.4) is 0 Å². The van der Waals surface area contributed by atoms with Crippen molar-refractivity contribution >= 4 is 34.7 Å². The smallest absolute Gasteiger partial charge is 0.261 e. The van der Waals surface area contributed by atoms with Gasteiger partial charge in [0.15, 0.2) is 5.65 Å². The highest BCUT2D eigenvalue weighted by molar-refractivity contribution is 6.10. The zero-order valence-corrected chi connectivity index (χ0v) is 19.8. The maximum atomic E-state index is 13.3. The van der Waals surface area contributed by atoms with Gasteiger partial charge in [-0.25, -0.2) is 9.50 Å². The van der Waals surface area contributed by atoms with Gasteiger partial charge in [-0.05, 0) is 37.6 Å². The van der Waals surface area contributed by atoms with Gasteiger partial charge in [-0.3, -0.25) is 19.3 Å². The zero-order chi connectivity index (χ0) is 24.7. The minimum atomic E-state index is -0.356. The van der Waals surface area contributed by atoms with Gasteiger partial charge in [-0.2, -0.15) is 5.10 Å². The van der Waals surface area contributed by atoms with Crippen LogP contribution in [0.4, 0.5) is 11.4 Å². The first-order valence-corrected chi connectivity index (χ1v) is 11.6. The second kappa shape index (κ2) is 8.99. The number of hydrogen-bond donors (Lipinski definition) is 2. The van der Waals surface area contributed by atoms with E-state index in [-0.39, 0.29) is 30.3 Å². The lowest BCUT2D eigenvalue weighted by Gasteiger charge is -2.36. The summed E-state index contributed by atoms with van der Waals surface area (Å²) in [5.41, 5.74) is 9.13. The third-order valence-electron chi connectivity index (χ3n) is 6.54. The van der Waals surface area contributed by atoms with E-state index in [9.17, 15) is 14.4 Å². The molecule has 3 amide bonds. The molecule has 182 valence electrons. The van der Waals surface area contributed by atoms with Crippen LogP contribution < -0.4 is 16.0 Å². The highest BCUT2D eigenvalue weighted by atomic mass is 16.2. The average molecular weight is 477 g/mol. The molecule has 1 aromatic carbocycles. The van der Waals surface area contributed by atoms with Crippen molar-refractivity contribution in [3.8, 4) is 0 Å². The summed E-state index contributed by atoms with van der Waals surface area (Å²) in [5, 5.41) is 7.25. The summed E-state index contributed by atoms with van der Waals surface area (Å²) in [6.45, 7) is 7.26. The van der Waals surface area contributed by atoms with Crippen molar-refractivity contribution in [2.45, 2.75) is 26.4 Å². The monoisotopic (exact) mass is 476 g/mol. The summed E-state index contributed by atoms with van der Waals surface area (Å²) >= 11 is 0. The Balaban J connectivity index is 1.47. The van der Waals surface area contributed by atoms with E-state index in [1.54, 1.807) is 23.0 Å². The van der Waals surface area contributed by atoms with E-state index in [1.807, 2.05) is 35.8 Å².